The molecule has 0 heterocycles. The summed E-state index contributed by atoms with van der Waals surface area (Å²) in [6, 6.07) is 0. The van der Waals surface area contributed by atoms with Crippen molar-refractivity contribution in [3.05, 3.63) is 0 Å². The van der Waals surface area contributed by atoms with Crippen LogP contribution in [0.3, 0.4) is 0 Å². The van der Waals surface area contributed by atoms with E-state index in [1.54, 1.807) is 0 Å². The first-order chi connectivity index (χ1) is 16.3. The van der Waals surface area contributed by atoms with Crippen molar-refractivity contribution < 1.29 is 39.0 Å². The third kappa shape index (κ3) is 20.3. The Morgan fingerprint density at radius 2 is 0.824 bits per heavy atom. The Morgan fingerprint density at radius 3 is 1.15 bits per heavy atom. The third-order valence-electron chi connectivity index (χ3n) is 4.11. The second-order valence-electron chi connectivity index (χ2n) is 6.98. The van der Waals surface area contributed by atoms with Crippen LogP contribution >= 0.6 is 43.5 Å². The van der Waals surface area contributed by atoms with Crippen LogP contribution in [0, 0.1) is 0 Å². The highest BCUT2D eigenvalue weighted by atomic mass is 33.1. The lowest BCUT2D eigenvalue weighted by atomic mass is 10.1. The molecule has 0 aliphatic rings. The van der Waals surface area contributed by atoms with Gasteiger partial charge in [-0.05, 0) is 12.8 Å². The first-order valence-corrected chi connectivity index (χ1v) is 15.4. The zero-order valence-corrected chi connectivity index (χ0v) is 22.1. The molecule has 0 aromatic carbocycles. The molecule has 0 aliphatic heterocycles. The number of nitrogens with one attached hydrogen (secondary N) is 2. The standard InChI is InChI=1S/C20H32N2O8S4/c23-11-9-17(27)7-5-15(25)3-1-13-31-33-21-19(29)20(30)22-34-32-14-2-4-16(26)6-8-18(28)10-12-24/h23-24H,1-14H2,(H,21,29)(H,22,30). The normalized spacial score (nSPS) is 10.5. The summed E-state index contributed by atoms with van der Waals surface area (Å²) in [6.45, 7) is -0.411. The third-order valence-corrected chi connectivity index (χ3v) is 8.00. The molecule has 194 valence electrons. The van der Waals surface area contributed by atoms with Crippen LogP contribution in [-0.4, -0.2) is 69.9 Å². The fourth-order valence-electron chi connectivity index (χ4n) is 2.27. The molecule has 0 bridgehead atoms. The summed E-state index contributed by atoms with van der Waals surface area (Å²) in [4.78, 5) is 69.2. The van der Waals surface area contributed by atoms with Crippen LogP contribution < -0.4 is 9.44 Å². The molecule has 0 saturated carbocycles. The minimum Gasteiger partial charge on any atom is -0.396 e. The van der Waals surface area contributed by atoms with Crippen LogP contribution in [0.1, 0.15) is 64.2 Å². The maximum Gasteiger partial charge on any atom is 0.320 e. The molecule has 0 rings (SSSR count). The first kappa shape index (κ1) is 32.9. The molecule has 0 fully saturated rings. The van der Waals surface area contributed by atoms with Gasteiger partial charge < -0.3 is 10.2 Å². The van der Waals surface area contributed by atoms with Gasteiger partial charge in [0.05, 0.1) is 0 Å². The van der Waals surface area contributed by atoms with Crippen molar-refractivity contribution in [3.63, 3.8) is 0 Å². The van der Waals surface area contributed by atoms with Crippen LogP contribution in [0.15, 0.2) is 0 Å². The van der Waals surface area contributed by atoms with Crippen LogP contribution in [0.2, 0.25) is 0 Å². The SMILES string of the molecule is O=C(CCO)CCC(=O)CCCSSNC(=O)C(=O)NSSCCCC(=O)CCC(=O)CCO. The van der Waals surface area contributed by atoms with Gasteiger partial charge in [-0.1, -0.05) is 21.6 Å². The number of rotatable bonds is 22. The molecule has 34 heavy (non-hydrogen) atoms. The molecular weight excluding hydrogens is 524 g/mol. The lowest BCUT2D eigenvalue weighted by molar-refractivity contribution is -0.136. The molecular formula is C20H32N2O8S4. The van der Waals surface area contributed by atoms with Gasteiger partial charge in [0.1, 0.15) is 23.1 Å². The van der Waals surface area contributed by atoms with E-state index in [-0.39, 0.29) is 74.9 Å². The van der Waals surface area contributed by atoms with Crippen molar-refractivity contribution in [1.29, 1.82) is 0 Å². The van der Waals surface area contributed by atoms with Gasteiger partial charge in [0.15, 0.2) is 0 Å². The van der Waals surface area contributed by atoms with Crippen LogP contribution in [0.5, 0.6) is 0 Å². The lowest BCUT2D eigenvalue weighted by Crippen LogP contribution is -2.32. The molecule has 14 heteroatoms. The quantitative estimate of drug-likeness (QED) is 0.0663. The lowest BCUT2D eigenvalue weighted by Gasteiger charge is -2.05. The van der Waals surface area contributed by atoms with Gasteiger partial charge in [0.25, 0.3) is 0 Å². The Kier molecular flexibility index (Phi) is 21.7. The Hall–Kier alpha value is -1.06. The van der Waals surface area contributed by atoms with Crippen LogP contribution in [0.25, 0.3) is 0 Å². The number of hydrogen-bond acceptors (Lipinski definition) is 12. The second-order valence-corrected chi connectivity index (χ2v) is 11.4. The zero-order chi connectivity index (χ0) is 25.6. The number of Topliss-reactive ketones (excluding diaryl/α,β-unsaturated/α-hetero) is 4. The Labute approximate surface area is 215 Å². The minimum absolute atomic E-state index is 0.0210. The summed E-state index contributed by atoms with van der Waals surface area (Å²) in [7, 11) is 4.58. The molecule has 0 aromatic rings. The predicted octanol–water partition coefficient (Wildman–Crippen LogP) is 1.97. The summed E-state index contributed by atoms with van der Waals surface area (Å²) in [5.41, 5.74) is 0. The van der Waals surface area contributed by atoms with Crippen LogP contribution in [-0.2, 0) is 28.8 Å². The predicted molar refractivity (Wildman–Crippen MR) is 137 cm³/mol. The number of amides is 2. The van der Waals surface area contributed by atoms with Crippen molar-refractivity contribution >= 4 is 78.5 Å². The van der Waals surface area contributed by atoms with E-state index in [1.807, 2.05) is 0 Å². The van der Waals surface area contributed by atoms with Gasteiger partial charge in [-0.15, -0.1) is 0 Å². The number of ketones is 4. The monoisotopic (exact) mass is 556 g/mol. The van der Waals surface area contributed by atoms with Crippen molar-refractivity contribution in [3.8, 4) is 0 Å². The largest absolute Gasteiger partial charge is 0.396 e. The Balaban J connectivity index is 3.63. The van der Waals surface area contributed by atoms with Crippen LogP contribution in [0.4, 0.5) is 0 Å². The second kappa shape index (κ2) is 22.4. The van der Waals surface area contributed by atoms with Crippen molar-refractivity contribution in [2.75, 3.05) is 24.7 Å². The molecule has 0 atom stereocenters. The zero-order valence-electron chi connectivity index (χ0n) is 18.9. The first-order valence-electron chi connectivity index (χ1n) is 10.8. The number of hydrogen-bond donors (Lipinski definition) is 4. The Bertz CT molecular complexity index is 623. The Morgan fingerprint density at radius 1 is 0.500 bits per heavy atom. The fourth-order valence-corrected chi connectivity index (χ4v) is 5.43. The average Bonchev–Trinajstić information content (AvgIpc) is 2.80. The molecule has 10 nitrogen and oxygen atoms in total. The maximum atomic E-state index is 11.7. The van der Waals surface area contributed by atoms with Gasteiger partial charge in [-0.2, -0.15) is 0 Å². The van der Waals surface area contributed by atoms with E-state index in [2.05, 4.69) is 9.44 Å². The maximum absolute atomic E-state index is 11.7. The summed E-state index contributed by atoms with van der Waals surface area (Å²) in [6.07, 6.45) is 2.61. The molecule has 0 aliphatic carbocycles. The summed E-state index contributed by atoms with van der Waals surface area (Å²) in [5.74, 6) is -0.732. The molecule has 0 aromatic heterocycles. The minimum atomic E-state index is -0.799. The smallest absolute Gasteiger partial charge is 0.320 e. The number of carbonyl (C=O) groups excluding carboxylic acids is 6. The summed E-state index contributed by atoms with van der Waals surface area (Å²) >= 11 is 0. The summed E-state index contributed by atoms with van der Waals surface area (Å²) < 4.78 is 4.78. The van der Waals surface area contributed by atoms with Gasteiger partial charge >= 0.3 is 11.8 Å². The van der Waals surface area contributed by atoms with Gasteiger partial charge in [0.2, 0.25) is 0 Å². The van der Waals surface area contributed by atoms with E-state index >= 15 is 0 Å². The number of aliphatic hydroxyl groups excluding tert-OH is 2. The molecule has 2 amide bonds. The highest BCUT2D eigenvalue weighted by Crippen LogP contribution is 2.21. The van der Waals surface area contributed by atoms with Gasteiger partial charge in [-0.25, -0.2) is 0 Å². The molecule has 0 saturated heterocycles. The number of aliphatic hydroxyl groups is 2. The van der Waals surface area contributed by atoms with E-state index in [1.165, 1.54) is 21.6 Å². The van der Waals surface area contributed by atoms with Crippen molar-refractivity contribution in [1.82, 2.24) is 9.44 Å². The highest BCUT2D eigenvalue weighted by molar-refractivity contribution is 8.76. The van der Waals surface area contributed by atoms with Crippen molar-refractivity contribution in [2.24, 2.45) is 0 Å². The summed E-state index contributed by atoms with van der Waals surface area (Å²) in [5, 5.41) is 17.3. The molecule has 4 N–H and O–H groups in total. The number of carbonyl (C=O) groups is 6. The average molecular weight is 557 g/mol. The van der Waals surface area contributed by atoms with Gasteiger partial charge in [-0.3, -0.25) is 38.2 Å². The fraction of sp³-hybridized carbons (Fsp3) is 0.700. The molecule has 0 unspecified atom stereocenters. The van der Waals surface area contributed by atoms with E-state index in [9.17, 15) is 28.8 Å². The van der Waals surface area contributed by atoms with E-state index < -0.39 is 11.8 Å². The topological polar surface area (TPSA) is 167 Å². The van der Waals surface area contributed by atoms with E-state index in [4.69, 9.17) is 10.2 Å². The van der Waals surface area contributed by atoms with E-state index in [0.717, 1.165) is 22.0 Å². The van der Waals surface area contributed by atoms with Crippen molar-refractivity contribution in [2.45, 2.75) is 64.2 Å². The van der Waals surface area contributed by atoms with Gasteiger partial charge in [0, 0.05) is 98.0 Å². The molecule has 0 spiro atoms. The highest BCUT2D eigenvalue weighted by Gasteiger charge is 2.14. The molecule has 0 radical (unpaired) electrons. The van der Waals surface area contributed by atoms with E-state index in [0.29, 0.717) is 37.2 Å².